The van der Waals surface area contributed by atoms with Gasteiger partial charge in [-0.25, -0.2) is 4.99 Å². The van der Waals surface area contributed by atoms with E-state index in [2.05, 4.69) is 38.4 Å². The molecule has 0 amide bonds. The van der Waals surface area contributed by atoms with Gasteiger partial charge in [0.2, 0.25) is 0 Å². The van der Waals surface area contributed by atoms with Gasteiger partial charge < -0.3 is 31.0 Å². The van der Waals surface area contributed by atoms with Gasteiger partial charge in [0.1, 0.15) is 0 Å². The zero-order chi connectivity index (χ0) is 28.2. The normalized spacial score (nSPS) is 29.2. The third kappa shape index (κ3) is 3.28. The fourth-order valence-corrected chi connectivity index (χ4v) is 8.65. The summed E-state index contributed by atoms with van der Waals surface area (Å²) < 4.78 is 6.71. The van der Waals surface area contributed by atoms with Crippen LogP contribution in [0.1, 0.15) is 53.3 Å². The molecule has 0 unspecified atom stereocenters. The number of aromatic hydroxyl groups is 1. The predicted octanol–water partition coefficient (Wildman–Crippen LogP) is 4.50. The molecule has 3 heterocycles. The molecule has 1 saturated heterocycles. The average Bonchev–Trinajstić information content (AvgIpc) is 3.64. The maximum atomic E-state index is 13.1. The van der Waals surface area contributed by atoms with Crippen LogP contribution in [-0.4, -0.2) is 50.8 Å². The van der Waals surface area contributed by atoms with Crippen molar-refractivity contribution in [2.45, 2.75) is 61.8 Å². The number of hydrogen-bond donors (Lipinski definition) is 5. The highest BCUT2D eigenvalue weighted by atomic mass is 16.5. The van der Waals surface area contributed by atoms with Crippen LogP contribution in [0, 0.1) is 5.92 Å². The third-order valence-electron chi connectivity index (χ3n) is 10.7. The van der Waals surface area contributed by atoms with Crippen LogP contribution in [0.2, 0.25) is 0 Å². The molecule has 6 N–H and O–H groups in total. The number of H-pyrrole nitrogens is 1. The summed E-state index contributed by atoms with van der Waals surface area (Å²) in [7, 11) is 0. The number of fused-ring (bicyclic) bond motifs is 4. The third-order valence-corrected chi connectivity index (χ3v) is 10.7. The van der Waals surface area contributed by atoms with Gasteiger partial charge in [0, 0.05) is 41.2 Å². The molecular weight excluding hydrogens is 526 g/mol. The van der Waals surface area contributed by atoms with Crippen molar-refractivity contribution < 1.29 is 14.9 Å². The maximum Gasteiger partial charge on any atom is 0.193 e. The Morgan fingerprint density at radius 1 is 1.14 bits per heavy atom. The Morgan fingerprint density at radius 3 is 2.83 bits per heavy atom. The summed E-state index contributed by atoms with van der Waals surface area (Å²) in [4.78, 5) is 10.8. The van der Waals surface area contributed by atoms with Crippen LogP contribution in [0.3, 0.4) is 0 Å². The van der Waals surface area contributed by atoms with E-state index >= 15 is 0 Å². The van der Waals surface area contributed by atoms with Crippen LogP contribution >= 0.6 is 0 Å². The smallest absolute Gasteiger partial charge is 0.193 e. The molecule has 5 aliphatic rings. The summed E-state index contributed by atoms with van der Waals surface area (Å²) in [6.45, 7) is 2.48. The average molecular weight is 562 g/mol. The van der Waals surface area contributed by atoms with Crippen LogP contribution in [0.4, 0.5) is 5.69 Å². The van der Waals surface area contributed by atoms with Gasteiger partial charge >= 0.3 is 0 Å². The Balaban J connectivity index is 1.13. The molecule has 9 rings (SSSR count). The second-order valence-corrected chi connectivity index (χ2v) is 13.0. The molecule has 0 radical (unpaired) electrons. The highest BCUT2D eigenvalue weighted by molar-refractivity contribution is 5.96. The summed E-state index contributed by atoms with van der Waals surface area (Å²) >= 11 is 0. The van der Waals surface area contributed by atoms with E-state index in [-0.39, 0.29) is 17.9 Å². The molecule has 8 heteroatoms. The molecule has 3 aromatic carbocycles. The molecule has 42 heavy (non-hydrogen) atoms. The van der Waals surface area contributed by atoms with Gasteiger partial charge in [0.05, 0.1) is 23.3 Å². The van der Waals surface area contributed by atoms with Crippen molar-refractivity contribution in [3.8, 4) is 11.5 Å². The number of nitrogens with zero attached hydrogens (tertiary/aromatic N) is 2. The lowest BCUT2D eigenvalue weighted by Crippen LogP contribution is -2.74. The van der Waals surface area contributed by atoms with Gasteiger partial charge in [-0.2, -0.15) is 0 Å². The number of likely N-dealkylation sites (tertiary alicyclic amines) is 1. The molecular formula is C34H35N5O3. The number of aliphatic imine (C=N–C) groups is 1. The van der Waals surface area contributed by atoms with Crippen molar-refractivity contribution >= 4 is 22.5 Å². The lowest BCUT2D eigenvalue weighted by atomic mass is 9.49. The minimum absolute atomic E-state index is 0.00103. The number of aromatic nitrogens is 1. The van der Waals surface area contributed by atoms with Crippen molar-refractivity contribution in [3.63, 3.8) is 0 Å². The summed E-state index contributed by atoms with van der Waals surface area (Å²) in [6.07, 6.45) is 4.28. The Bertz CT molecular complexity index is 1780. The SMILES string of the molecule is NC(=NCc1ccccc1)Nc1ccc2[nH]c3c(c2c1)C[C@@]1(O)[C@H]2Cc4ccc(O)c5c4[C@@]1(CCN2CC1CC1)[C@H]3O5. The molecule has 3 aliphatic carbocycles. The molecule has 8 nitrogen and oxygen atoms in total. The number of phenols is 1. The van der Waals surface area contributed by atoms with Crippen LogP contribution in [-0.2, 0) is 24.8 Å². The second-order valence-electron chi connectivity index (χ2n) is 13.0. The lowest BCUT2D eigenvalue weighted by molar-refractivity contribution is -0.173. The first-order chi connectivity index (χ1) is 20.4. The topological polar surface area (TPSA) is 119 Å². The Labute approximate surface area is 244 Å². The van der Waals surface area contributed by atoms with E-state index in [0.29, 0.717) is 24.7 Å². The van der Waals surface area contributed by atoms with Crippen molar-refractivity contribution in [2.24, 2.45) is 16.6 Å². The second kappa shape index (κ2) is 8.52. The van der Waals surface area contributed by atoms with Gasteiger partial charge in [-0.15, -0.1) is 0 Å². The fraction of sp³-hybridized carbons (Fsp3) is 0.382. The molecule has 1 spiro atoms. The van der Waals surface area contributed by atoms with E-state index in [1.165, 1.54) is 18.4 Å². The van der Waals surface area contributed by atoms with E-state index in [1.807, 2.05) is 36.4 Å². The van der Waals surface area contributed by atoms with E-state index < -0.39 is 11.0 Å². The largest absolute Gasteiger partial charge is 0.504 e. The highest BCUT2D eigenvalue weighted by Gasteiger charge is 2.72. The van der Waals surface area contributed by atoms with Crippen molar-refractivity contribution in [1.29, 1.82) is 0 Å². The Hall–Kier alpha value is -4.01. The lowest BCUT2D eigenvalue weighted by Gasteiger charge is -2.62. The predicted molar refractivity (Wildman–Crippen MR) is 162 cm³/mol. The molecule has 214 valence electrons. The number of aromatic amines is 1. The first-order valence-electron chi connectivity index (χ1n) is 15.2. The van der Waals surface area contributed by atoms with Crippen LogP contribution in [0.5, 0.6) is 11.5 Å². The first kappa shape index (κ1) is 24.6. The zero-order valence-electron chi connectivity index (χ0n) is 23.4. The van der Waals surface area contributed by atoms with Crippen LogP contribution in [0.15, 0.2) is 65.7 Å². The minimum Gasteiger partial charge on any atom is -0.504 e. The summed E-state index contributed by atoms with van der Waals surface area (Å²) in [5.41, 5.74) is 11.9. The van der Waals surface area contributed by atoms with Gasteiger partial charge in [-0.1, -0.05) is 36.4 Å². The summed E-state index contributed by atoms with van der Waals surface area (Å²) in [5, 5.41) is 28.3. The Morgan fingerprint density at radius 2 is 2.00 bits per heavy atom. The minimum atomic E-state index is -1.02. The van der Waals surface area contributed by atoms with Crippen molar-refractivity contribution in [1.82, 2.24) is 9.88 Å². The van der Waals surface area contributed by atoms with Gasteiger partial charge in [0.25, 0.3) is 0 Å². The molecule has 4 atom stereocenters. The summed E-state index contributed by atoms with van der Waals surface area (Å²) in [6, 6.07) is 20.0. The van der Waals surface area contributed by atoms with Crippen LogP contribution < -0.4 is 15.8 Å². The van der Waals surface area contributed by atoms with E-state index in [1.54, 1.807) is 6.07 Å². The van der Waals surface area contributed by atoms with Crippen molar-refractivity contribution in [3.05, 3.63) is 88.6 Å². The number of piperidine rings is 1. The quantitative estimate of drug-likeness (QED) is 0.181. The van der Waals surface area contributed by atoms with Crippen molar-refractivity contribution in [2.75, 3.05) is 18.4 Å². The fourth-order valence-electron chi connectivity index (χ4n) is 8.65. The van der Waals surface area contributed by atoms with Gasteiger partial charge in [-0.3, -0.25) is 4.90 Å². The molecule has 4 aromatic rings. The number of benzene rings is 3. The van der Waals surface area contributed by atoms with E-state index in [0.717, 1.165) is 70.8 Å². The van der Waals surface area contributed by atoms with Gasteiger partial charge in [0.15, 0.2) is 23.6 Å². The Kier molecular flexibility index (Phi) is 4.99. The van der Waals surface area contributed by atoms with E-state index in [9.17, 15) is 10.2 Å². The molecule has 2 fully saturated rings. The number of anilines is 1. The van der Waals surface area contributed by atoms with Crippen LogP contribution in [0.25, 0.3) is 10.9 Å². The number of guanidine groups is 1. The number of nitrogens with two attached hydrogens (primary N) is 1. The summed E-state index contributed by atoms with van der Waals surface area (Å²) in [5.74, 6) is 1.81. The van der Waals surface area contributed by atoms with E-state index in [4.69, 9.17) is 10.5 Å². The molecule has 1 saturated carbocycles. The number of ether oxygens (including phenoxy) is 1. The number of rotatable bonds is 5. The first-order valence-corrected chi connectivity index (χ1v) is 15.2. The zero-order valence-corrected chi connectivity index (χ0v) is 23.4. The standard InChI is InChI=1S/C34H35N5O3/c35-32(36-17-19-4-2-1-3-5-19)37-22-9-10-25-23(15-22)24-16-34(41)27-14-21-8-11-26(40)30-28(21)33(34,31(42-30)29(24)38-25)12-13-39(27)18-20-6-7-20/h1-5,8-11,15,20,27,31,38,40-41H,6-7,12-14,16-18H2,(H3,35,36,37)/t27-,31+,33+,34-/m1/s1. The number of aliphatic hydroxyl groups is 1. The van der Waals surface area contributed by atoms with Gasteiger partial charge in [-0.05, 0) is 79.1 Å². The number of phenolic OH excluding ortho intramolecular Hbond substituents is 1. The monoisotopic (exact) mass is 561 g/mol. The highest BCUT2D eigenvalue weighted by Crippen LogP contribution is 2.69. The number of nitrogens with one attached hydrogen (secondary N) is 2. The molecule has 2 aliphatic heterocycles. The maximum absolute atomic E-state index is 13.1. The number of hydrogen-bond acceptors (Lipinski definition) is 5. The molecule has 1 aromatic heterocycles. The molecule has 2 bridgehead atoms.